The Hall–Kier alpha value is -2.15. The number of amidine groups is 1. The van der Waals surface area contributed by atoms with Crippen molar-refractivity contribution >= 4 is 11.7 Å². The number of carbonyl (C=O) groups excluding carboxylic acids is 1. The molecule has 0 saturated heterocycles. The Labute approximate surface area is 118 Å². The molecule has 0 unspecified atom stereocenters. The fourth-order valence-electron chi connectivity index (χ4n) is 1.56. The highest BCUT2D eigenvalue weighted by Crippen LogP contribution is 2.01. The van der Waals surface area contributed by atoms with Crippen LogP contribution in [0.15, 0.2) is 23.5 Å². The van der Waals surface area contributed by atoms with Crippen LogP contribution in [-0.2, 0) is 11.3 Å². The molecule has 0 spiro atoms. The summed E-state index contributed by atoms with van der Waals surface area (Å²) >= 11 is 0. The van der Waals surface area contributed by atoms with E-state index in [4.69, 9.17) is 10.9 Å². The number of aromatic nitrogens is 1. The first-order chi connectivity index (χ1) is 9.31. The SMILES string of the molecule is CC(C)(C)NC(=O)CNCc1ccnc(/C(N)=N/O)c1. The van der Waals surface area contributed by atoms with Crippen LogP contribution in [0.3, 0.4) is 0 Å². The smallest absolute Gasteiger partial charge is 0.234 e. The second-order valence-corrected chi connectivity index (χ2v) is 5.44. The van der Waals surface area contributed by atoms with E-state index in [1.54, 1.807) is 18.3 Å². The second kappa shape index (κ2) is 6.85. The van der Waals surface area contributed by atoms with Gasteiger partial charge in [-0.1, -0.05) is 5.16 Å². The number of nitrogens with two attached hydrogens (primary N) is 1. The van der Waals surface area contributed by atoms with E-state index in [1.807, 2.05) is 20.8 Å². The summed E-state index contributed by atoms with van der Waals surface area (Å²) in [5, 5.41) is 17.4. The normalized spacial score (nSPS) is 12.2. The van der Waals surface area contributed by atoms with Crippen LogP contribution in [-0.4, -0.2) is 34.0 Å². The lowest BCUT2D eigenvalue weighted by Gasteiger charge is -2.20. The summed E-state index contributed by atoms with van der Waals surface area (Å²) in [5.74, 6) is -0.111. The van der Waals surface area contributed by atoms with Crippen LogP contribution >= 0.6 is 0 Å². The summed E-state index contributed by atoms with van der Waals surface area (Å²) in [7, 11) is 0. The Kier molecular flexibility index (Phi) is 5.45. The number of pyridine rings is 1. The molecule has 0 bridgehead atoms. The standard InChI is InChI=1S/C13H21N5O2/c1-13(2,3)17-11(19)8-15-7-9-4-5-16-10(6-9)12(14)18-20/h4-6,15,20H,7-8H2,1-3H3,(H2,14,18)(H,17,19). The summed E-state index contributed by atoms with van der Waals surface area (Å²) in [6, 6.07) is 3.49. The monoisotopic (exact) mass is 279 g/mol. The molecule has 7 nitrogen and oxygen atoms in total. The topological polar surface area (TPSA) is 113 Å². The third-order valence-electron chi connectivity index (χ3n) is 2.32. The van der Waals surface area contributed by atoms with E-state index in [-0.39, 0.29) is 23.8 Å². The molecule has 1 rings (SSSR count). The molecule has 110 valence electrons. The van der Waals surface area contributed by atoms with Gasteiger partial charge in [0.25, 0.3) is 0 Å². The maximum atomic E-state index is 11.6. The third kappa shape index (κ3) is 5.66. The average molecular weight is 279 g/mol. The van der Waals surface area contributed by atoms with E-state index >= 15 is 0 Å². The van der Waals surface area contributed by atoms with Gasteiger partial charge < -0.3 is 21.6 Å². The predicted octanol–water partition coefficient (Wildman–Crippen LogP) is 0.180. The van der Waals surface area contributed by atoms with Gasteiger partial charge in [-0.3, -0.25) is 9.78 Å². The van der Waals surface area contributed by atoms with Crippen molar-refractivity contribution in [2.45, 2.75) is 32.9 Å². The number of hydrogen-bond donors (Lipinski definition) is 4. The molecule has 0 aromatic carbocycles. The van der Waals surface area contributed by atoms with E-state index in [0.717, 1.165) is 5.56 Å². The number of carbonyl (C=O) groups is 1. The number of amides is 1. The zero-order chi connectivity index (χ0) is 15.2. The van der Waals surface area contributed by atoms with Gasteiger partial charge in [0.1, 0.15) is 5.69 Å². The van der Waals surface area contributed by atoms with Gasteiger partial charge in [0.05, 0.1) is 6.54 Å². The maximum absolute atomic E-state index is 11.6. The van der Waals surface area contributed by atoms with Crippen molar-refractivity contribution in [1.82, 2.24) is 15.6 Å². The van der Waals surface area contributed by atoms with Gasteiger partial charge in [0, 0.05) is 18.3 Å². The van der Waals surface area contributed by atoms with E-state index in [2.05, 4.69) is 20.8 Å². The molecule has 20 heavy (non-hydrogen) atoms. The van der Waals surface area contributed by atoms with Crippen LogP contribution in [0, 0.1) is 0 Å². The lowest BCUT2D eigenvalue weighted by molar-refractivity contribution is -0.121. The Morgan fingerprint density at radius 1 is 1.50 bits per heavy atom. The number of hydrogen-bond acceptors (Lipinski definition) is 5. The third-order valence-corrected chi connectivity index (χ3v) is 2.32. The number of nitrogens with one attached hydrogen (secondary N) is 2. The first-order valence-electron chi connectivity index (χ1n) is 6.26. The molecule has 1 amide bonds. The van der Waals surface area contributed by atoms with Gasteiger partial charge in [-0.15, -0.1) is 0 Å². The molecular weight excluding hydrogens is 258 g/mol. The quantitative estimate of drug-likeness (QED) is 0.266. The van der Waals surface area contributed by atoms with Gasteiger partial charge in [-0.25, -0.2) is 0 Å². The van der Waals surface area contributed by atoms with Gasteiger partial charge in [-0.05, 0) is 38.5 Å². The summed E-state index contributed by atoms with van der Waals surface area (Å²) < 4.78 is 0. The molecule has 0 fully saturated rings. The van der Waals surface area contributed by atoms with Crippen molar-refractivity contribution in [1.29, 1.82) is 0 Å². The minimum absolute atomic E-state index is 0.0441. The number of oxime groups is 1. The number of rotatable bonds is 5. The van der Waals surface area contributed by atoms with Gasteiger partial charge in [0.2, 0.25) is 5.91 Å². The minimum atomic E-state index is -0.241. The summed E-state index contributed by atoms with van der Waals surface area (Å²) in [6.45, 7) is 6.50. The van der Waals surface area contributed by atoms with E-state index in [9.17, 15) is 4.79 Å². The van der Waals surface area contributed by atoms with Crippen molar-refractivity contribution in [2.24, 2.45) is 10.9 Å². The van der Waals surface area contributed by atoms with Gasteiger partial charge in [-0.2, -0.15) is 0 Å². The van der Waals surface area contributed by atoms with Crippen LogP contribution in [0.25, 0.3) is 0 Å². The van der Waals surface area contributed by atoms with E-state index in [1.165, 1.54) is 0 Å². The molecule has 1 aromatic heterocycles. The summed E-state index contributed by atoms with van der Waals surface area (Å²) in [6.07, 6.45) is 1.57. The minimum Gasteiger partial charge on any atom is -0.409 e. The van der Waals surface area contributed by atoms with Gasteiger partial charge in [0.15, 0.2) is 5.84 Å². The Morgan fingerprint density at radius 3 is 2.80 bits per heavy atom. The van der Waals surface area contributed by atoms with Crippen LogP contribution in [0.4, 0.5) is 0 Å². The van der Waals surface area contributed by atoms with Crippen LogP contribution < -0.4 is 16.4 Å². The fraction of sp³-hybridized carbons (Fsp3) is 0.462. The zero-order valence-corrected chi connectivity index (χ0v) is 12.0. The molecule has 0 aliphatic rings. The van der Waals surface area contributed by atoms with Crippen molar-refractivity contribution < 1.29 is 10.0 Å². The van der Waals surface area contributed by atoms with Crippen LogP contribution in [0.1, 0.15) is 32.0 Å². The first-order valence-corrected chi connectivity index (χ1v) is 6.26. The molecular formula is C13H21N5O2. The number of nitrogens with zero attached hydrogens (tertiary/aromatic N) is 2. The van der Waals surface area contributed by atoms with Crippen LogP contribution in [0.5, 0.6) is 0 Å². The lowest BCUT2D eigenvalue weighted by atomic mass is 10.1. The van der Waals surface area contributed by atoms with Crippen molar-refractivity contribution in [3.8, 4) is 0 Å². The average Bonchev–Trinajstić information content (AvgIpc) is 2.36. The molecule has 0 radical (unpaired) electrons. The second-order valence-electron chi connectivity index (χ2n) is 5.44. The fourth-order valence-corrected chi connectivity index (χ4v) is 1.56. The lowest BCUT2D eigenvalue weighted by Crippen LogP contribution is -2.44. The van der Waals surface area contributed by atoms with E-state index in [0.29, 0.717) is 12.2 Å². The van der Waals surface area contributed by atoms with E-state index < -0.39 is 0 Å². The van der Waals surface area contributed by atoms with Crippen molar-refractivity contribution in [3.63, 3.8) is 0 Å². The Bertz CT molecular complexity index is 494. The highest BCUT2D eigenvalue weighted by atomic mass is 16.4. The molecule has 1 aromatic rings. The molecule has 7 heteroatoms. The Balaban J connectivity index is 2.49. The predicted molar refractivity (Wildman–Crippen MR) is 76.4 cm³/mol. The van der Waals surface area contributed by atoms with Crippen molar-refractivity contribution in [2.75, 3.05) is 6.54 Å². The van der Waals surface area contributed by atoms with Gasteiger partial charge >= 0.3 is 0 Å². The maximum Gasteiger partial charge on any atom is 0.234 e. The molecule has 0 aliphatic heterocycles. The largest absolute Gasteiger partial charge is 0.409 e. The summed E-state index contributed by atoms with van der Waals surface area (Å²) in [4.78, 5) is 15.6. The summed E-state index contributed by atoms with van der Waals surface area (Å²) in [5.41, 5.74) is 6.51. The molecule has 0 saturated carbocycles. The van der Waals surface area contributed by atoms with Crippen LogP contribution in [0.2, 0.25) is 0 Å². The first kappa shape index (κ1) is 15.9. The molecule has 1 heterocycles. The Morgan fingerprint density at radius 2 is 2.20 bits per heavy atom. The molecule has 0 aliphatic carbocycles. The zero-order valence-electron chi connectivity index (χ0n) is 12.0. The highest BCUT2D eigenvalue weighted by Gasteiger charge is 2.12. The molecule has 5 N–H and O–H groups in total. The van der Waals surface area contributed by atoms with Crippen molar-refractivity contribution in [3.05, 3.63) is 29.6 Å². The molecule has 0 atom stereocenters. The highest BCUT2D eigenvalue weighted by molar-refractivity contribution is 5.95.